The highest BCUT2D eigenvalue weighted by Crippen LogP contribution is 2.42. The van der Waals surface area contributed by atoms with Crippen LogP contribution in [0.15, 0.2) is 40.8 Å². The average molecular weight is 596 g/mol. The van der Waals surface area contributed by atoms with Gasteiger partial charge in [-0.25, -0.2) is 4.42 Å². The van der Waals surface area contributed by atoms with E-state index in [9.17, 15) is 51.1 Å². The number of ether oxygens (including phenoxy) is 4. The van der Waals surface area contributed by atoms with Crippen molar-refractivity contribution in [1.29, 1.82) is 0 Å². The molecule has 5 rings (SSSR count). The third-order valence-electron chi connectivity index (χ3n) is 7.20. The molecule has 1 aromatic heterocycles. The molecule has 15 nitrogen and oxygen atoms in total. The fourth-order valence-corrected chi connectivity index (χ4v) is 4.76. The van der Waals surface area contributed by atoms with E-state index in [0.29, 0.717) is 0 Å². The molecule has 0 saturated carbocycles. The van der Waals surface area contributed by atoms with Crippen molar-refractivity contribution in [3.8, 4) is 40.1 Å². The fraction of sp³-hybridized carbons (Fsp3) is 0.444. The van der Waals surface area contributed by atoms with Gasteiger partial charge in [0.25, 0.3) is 0 Å². The third-order valence-corrected chi connectivity index (χ3v) is 7.20. The SMILES string of the molecule is C[C@@H]1O[C@@H](OC[C@H]2O[C@@H](Oc3cc4c(O)cc(O)cc4[o+]c3-c3ccc(O)c(O)c3)[C@H](O)[C@@H](O)[C@H]2O)[C@H](O)[C@H](O)[C@H]1O. The van der Waals surface area contributed by atoms with Gasteiger partial charge in [-0.1, -0.05) is 0 Å². The largest absolute Gasteiger partial charge is 0.507 e. The average Bonchev–Trinajstić information content (AvgIpc) is 2.95. The van der Waals surface area contributed by atoms with E-state index in [0.717, 1.165) is 12.1 Å². The predicted molar refractivity (Wildman–Crippen MR) is 138 cm³/mol. The molecule has 2 aromatic carbocycles. The number of fused-ring (bicyclic) bond motifs is 1. The Morgan fingerprint density at radius 2 is 1.40 bits per heavy atom. The van der Waals surface area contributed by atoms with Crippen LogP contribution >= 0.6 is 0 Å². The Kier molecular flexibility index (Phi) is 8.30. The highest BCUT2D eigenvalue weighted by molar-refractivity contribution is 5.88. The highest BCUT2D eigenvalue weighted by atomic mass is 16.7. The molecule has 0 spiro atoms. The molecule has 0 aliphatic carbocycles. The summed E-state index contributed by atoms with van der Waals surface area (Å²) < 4.78 is 28.3. The Hall–Kier alpha value is -3.51. The van der Waals surface area contributed by atoms with Crippen molar-refractivity contribution < 1.29 is 74.4 Å². The minimum Gasteiger partial charge on any atom is -0.507 e. The Balaban J connectivity index is 1.44. The summed E-state index contributed by atoms with van der Waals surface area (Å²) in [6.45, 7) is 0.925. The first-order chi connectivity index (χ1) is 19.8. The van der Waals surface area contributed by atoms with Gasteiger partial charge >= 0.3 is 11.3 Å². The minimum absolute atomic E-state index is 0.00170. The van der Waals surface area contributed by atoms with E-state index in [4.69, 9.17) is 23.4 Å². The van der Waals surface area contributed by atoms with Crippen molar-refractivity contribution in [2.75, 3.05) is 6.61 Å². The van der Waals surface area contributed by atoms with Crippen molar-refractivity contribution in [1.82, 2.24) is 0 Å². The van der Waals surface area contributed by atoms with E-state index in [1.54, 1.807) is 0 Å². The third kappa shape index (κ3) is 5.61. The molecule has 3 heterocycles. The molecule has 0 amide bonds. The second kappa shape index (κ2) is 11.6. The van der Waals surface area contributed by atoms with Crippen LogP contribution in [-0.4, -0.2) is 119 Å². The molecular formula is C27H31O15+. The van der Waals surface area contributed by atoms with Crippen molar-refractivity contribution >= 4 is 11.0 Å². The van der Waals surface area contributed by atoms with Gasteiger partial charge in [-0.2, -0.15) is 0 Å². The molecule has 42 heavy (non-hydrogen) atoms. The molecule has 2 fully saturated rings. The summed E-state index contributed by atoms with van der Waals surface area (Å²) in [6, 6.07) is 7.22. The van der Waals surface area contributed by atoms with Crippen LogP contribution in [0.5, 0.6) is 28.7 Å². The van der Waals surface area contributed by atoms with Crippen LogP contribution in [-0.2, 0) is 14.2 Å². The van der Waals surface area contributed by atoms with Crippen molar-refractivity contribution in [2.45, 2.75) is 68.3 Å². The van der Waals surface area contributed by atoms with Gasteiger partial charge < -0.3 is 70.0 Å². The summed E-state index contributed by atoms with van der Waals surface area (Å²) >= 11 is 0. The number of hydrogen-bond acceptors (Lipinski definition) is 14. The Morgan fingerprint density at radius 1 is 0.714 bits per heavy atom. The quantitative estimate of drug-likeness (QED) is 0.124. The maximum atomic E-state index is 10.7. The molecule has 10 N–H and O–H groups in total. The molecule has 2 aliphatic heterocycles. The summed E-state index contributed by atoms with van der Waals surface area (Å²) in [5.74, 6) is -1.92. The fourth-order valence-electron chi connectivity index (χ4n) is 4.76. The summed E-state index contributed by atoms with van der Waals surface area (Å²) in [4.78, 5) is 0. The van der Waals surface area contributed by atoms with E-state index in [1.807, 2.05) is 0 Å². The lowest BCUT2D eigenvalue weighted by Gasteiger charge is -2.42. The lowest BCUT2D eigenvalue weighted by Crippen LogP contribution is -2.61. The number of phenols is 4. The molecule has 3 aromatic rings. The minimum atomic E-state index is -1.82. The van der Waals surface area contributed by atoms with Crippen LogP contribution in [0, 0.1) is 0 Å². The number of aliphatic hydroxyl groups excluding tert-OH is 6. The number of benzene rings is 2. The summed E-state index contributed by atoms with van der Waals surface area (Å²) in [5.41, 5.74) is 0.163. The normalized spacial score (nSPS) is 33.5. The molecule has 2 aliphatic rings. The number of hydrogen-bond donors (Lipinski definition) is 10. The van der Waals surface area contributed by atoms with Gasteiger partial charge in [0.05, 0.1) is 24.3 Å². The van der Waals surface area contributed by atoms with Crippen LogP contribution in [0.4, 0.5) is 0 Å². The maximum Gasteiger partial charge on any atom is 0.402 e. The van der Waals surface area contributed by atoms with E-state index in [2.05, 4.69) is 0 Å². The van der Waals surface area contributed by atoms with Crippen molar-refractivity contribution in [2.24, 2.45) is 0 Å². The first-order valence-corrected chi connectivity index (χ1v) is 12.9. The molecule has 0 bridgehead atoms. The second-order valence-electron chi connectivity index (χ2n) is 10.2. The van der Waals surface area contributed by atoms with Gasteiger partial charge in [0.1, 0.15) is 59.6 Å². The predicted octanol–water partition coefficient (Wildman–Crippen LogP) is -0.766. The van der Waals surface area contributed by atoms with Gasteiger partial charge in [-0.3, -0.25) is 0 Å². The van der Waals surface area contributed by atoms with Gasteiger partial charge in [0, 0.05) is 18.2 Å². The van der Waals surface area contributed by atoms with Gasteiger partial charge in [0.15, 0.2) is 17.8 Å². The zero-order chi connectivity index (χ0) is 30.5. The number of phenolic OH excluding ortho intramolecular Hbond substituents is 4. The molecule has 0 unspecified atom stereocenters. The van der Waals surface area contributed by atoms with Crippen molar-refractivity contribution in [3.05, 3.63) is 36.4 Å². The molecule has 15 heteroatoms. The zero-order valence-corrected chi connectivity index (χ0v) is 22.0. The summed E-state index contributed by atoms with van der Waals surface area (Å²) in [6.07, 6.45) is -15.3. The summed E-state index contributed by atoms with van der Waals surface area (Å²) in [5, 5.41) is 102. The van der Waals surface area contributed by atoms with Crippen LogP contribution in [0.2, 0.25) is 0 Å². The lowest BCUT2D eigenvalue weighted by atomic mass is 9.98. The summed E-state index contributed by atoms with van der Waals surface area (Å²) in [7, 11) is 0. The van der Waals surface area contributed by atoms with Crippen LogP contribution in [0.3, 0.4) is 0 Å². The first-order valence-electron chi connectivity index (χ1n) is 12.9. The Morgan fingerprint density at radius 3 is 2.12 bits per heavy atom. The van der Waals surface area contributed by atoms with Gasteiger partial charge in [-0.05, 0) is 19.1 Å². The van der Waals surface area contributed by atoms with Crippen LogP contribution in [0.1, 0.15) is 6.92 Å². The molecule has 2 saturated heterocycles. The van der Waals surface area contributed by atoms with E-state index in [1.165, 1.54) is 31.2 Å². The van der Waals surface area contributed by atoms with Gasteiger partial charge in [-0.15, -0.1) is 0 Å². The van der Waals surface area contributed by atoms with Crippen LogP contribution < -0.4 is 4.74 Å². The second-order valence-corrected chi connectivity index (χ2v) is 10.2. The standard InChI is InChI=1S/C27H30O15/c1-9-19(32)21(34)23(36)26(39-9)38-8-18-20(33)22(35)24(37)27(42-18)41-17-7-12-14(30)5-11(28)6-16(12)40-25(17)10-2-3-13(29)15(31)4-10/h2-7,9,18-24,26-27,32-37H,8H2,1H3,(H3-,28,29,30,31)/p+1/t9-,18+,19-,20-,21+,22-,23+,24+,26+,27+/m0/s1. The molecule has 10 atom stereocenters. The Labute approximate surface area is 237 Å². The van der Waals surface area contributed by atoms with E-state index in [-0.39, 0.29) is 33.8 Å². The Bertz CT molecular complexity index is 1430. The molecule has 228 valence electrons. The van der Waals surface area contributed by atoms with E-state index < -0.39 is 85.3 Å². The molecular weight excluding hydrogens is 564 g/mol. The topological polar surface area (TPSA) is 251 Å². The zero-order valence-electron chi connectivity index (χ0n) is 22.0. The molecule has 0 radical (unpaired) electrons. The van der Waals surface area contributed by atoms with Crippen LogP contribution in [0.25, 0.3) is 22.3 Å². The lowest BCUT2D eigenvalue weighted by molar-refractivity contribution is -0.318. The van der Waals surface area contributed by atoms with E-state index >= 15 is 0 Å². The number of aliphatic hydroxyl groups is 6. The number of rotatable bonds is 6. The first kappa shape index (κ1) is 30.0. The maximum absolute atomic E-state index is 10.7. The smallest absolute Gasteiger partial charge is 0.402 e. The van der Waals surface area contributed by atoms with Crippen molar-refractivity contribution in [3.63, 3.8) is 0 Å². The van der Waals surface area contributed by atoms with Gasteiger partial charge in [0.2, 0.25) is 12.0 Å². The highest BCUT2D eigenvalue weighted by Gasteiger charge is 2.48. The number of aromatic hydroxyl groups is 4. The monoisotopic (exact) mass is 595 g/mol.